The monoisotopic (exact) mass is 408 g/mol. The van der Waals surface area contributed by atoms with Crippen LogP contribution in [-0.4, -0.2) is 22.5 Å². The minimum Gasteiger partial charge on any atom is -0.377 e. The first-order valence-corrected chi connectivity index (χ1v) is 10.2. The van der Waals surface area contributed by atoms with E-state index in [1.165, 1.54) is 0 Å². The molecule has 3 aromatic carbocycles. The van der Waals surface area contributed by atoms with Crippen LogP contribution in [0.3, 0.4) is 0 Å². The van der Waals surface area contributed by atoms with Crippen LogP contribution < -0.4 is 9.62 Å². The van der Waals surface area contributed by atoms with Crippen molar-refractivity contribution in [3.05, 3.63) is 70.2 Å². The highest BCUT2D eigenvalue weighted by atomic mass is 35.5. The van der Waals surface area contributed by atoms with Gasteiger partial charge in [0.05, 0.1) is 4.90 Å². The predicted molar refractivity (Wildman–Crippen MR) is 109 cm³/mol. The molecule has 7 heteroatoms. The second-order valence-electron chi connectivity index (χ2n) is 6.13. The van der Waals surface area contributed by atoms with E-state index < -0.39 is 10.0 Å². The van der Waals surface area contributed by atoms with Crippen LogP contribution in [0.5, 0.6) is 0 Å². The minimum absolute atomic E-state index is 0.104. The van der Waals surface area contributed by atoms with Crippen molar-refractivity contribution in [2.24, 2.45) is 0 Å². The van der Waals surface area contributed by atoms with Crippen molar-refractivity contribution in [1.29, 1.82) is 0 Å². The summed E-state index contributed by atoms with van der Waals surface area (Å²) in [6.45, 7) is 0.104. The van der Waals surface area contributed by atoms with Gasteiger partial charge in [-0.25, -0.2) is 13.1 Å². The van der Waals surface area contributed by atoms with Gasteiger partial charge < -0.3 is 4.90 Å². The zero-order valence-electron chi connectivity index (χ0n) is 14.3. The number of sulfonamides is 1. The van der Waals surface area contributed by atoms with E-state index in [1.54, 1.807) is 30.3 Å². The van der Waals surface area contributed by atoms with Gasteiger partial charge in [-0.2, -0.15) is 0 Å². The van der Waals surface area contributed by atoms with Crippen LogP contribution >= 0.6 is 23.2 Å². The summed E-state index contributed by atoms with van der Waals surface area (Å²) in [4.78, 5) is 2.20. The molecule has 1 N–H and O–H groups in total. The summed E-state index contributed by atoms with van der Waals surface area (Å²) in [5.74, 6) is 0. The summed E-state index contributed by atoms with van der Waals surface area (Å²) >= 11 is 12.0. The number of benzene rings is 3. The fraction of sp³-hybridized carbons (Fsp3) is 0.158. The van der Waals surface area contributed by atoms with Crippen molar-refractivity contribution in [3.8, 4) is 0 Å². The SMILES string of the molecule is CN(C)c1cccc2c(S(=O)(=O)NCc3cc(Cl)cc(Cl)c3)cccc12. The van der Waals surface area contributed by atoms with Gasteiger partial charge in [0, 0.05) is 47.1 Å². The number of anilines is 1. The van der Waals surface area contributed by atoms with E-state index in [2.05, 4.69) is 4.72 Å². The minimum atomic E-state index is -3.71. The van der Waals surface area contributed by atoms with Crippen LogP contribution in [0.1, 0.15) is 5.56 Å². The van der Waals surface area contributed by atoms with Gasteiger partial charge in [0.25, 0.3) is 0 Å². The quantitative estimate of drug-likeness (QED) is 0.665. The molecule has 26 heavy (non-hydrogen) atoms. The van der Waals surface area contributed by atoms with Gasteiger partial charge in [-0.05, 0) is 35.9 Å². The highest BCUT2D eigenvalue weighted by Crippen LogP contribution is 2.30. The maximum Gasteiger partial charge on any atom is 0.241 e. The molecule has 0 unspecified atom stereocenters. The van der Waals surface area contributed by atoms with Gasteiger partial charge in [-0.3, -0.25) is 0 Å². The Labute approximate surface area is 163 Å². The molecule has 0 heterocycles. The standard InChI is InChI=1S/C19H18Cl2N2O2S/c1-23(2)18-7-3-6-17-16(18)5-4-8-19(17)26(24,25)22-12-13-9-14(20)11-15(21)10-13/h3-11,22H,12H2,1-2H3. The first kappa shape index (κ1) is 19.0. The van der Waals surface area contributed by atoms with Gasteiger partial charge in [0.15, 0.2) is 0 Å². The summed E-state index contributed by atoms with van der Waals surface area (Å²) in [6.07, 6.45) is 0. The van der Waals surface area contributed by atoms with E-state index in [9.17, 15) is 8.42 Å². The lowest BCUT2D eigenvalue weighted by atomic mass is 10.1. The second kappa shape index (κ2) is 7.45. The normalized spacial score (nSPS) is 11.7. The highest BCUT2D eigenvalue weighted by Gasteiger charge is 2.18. The zero-order chi connectivity index (χ0) is 18.9. The Bertz CT molecular complexity index is 1050. The van der Waals surface area contributed by atoms with Gasteiger partial charge in [-0.15, -0.1) is 0 Å². The summed E-state index contributed by atoms with van der Waals surface area (Å²) in [7, 11) is 0.147. The average molecular weight is 409 g/mol. The lowest BCUT2D eigenvalue weighted by Gasteiger charge is -2.17. The Morgan fingerprint density at radius 2 is 1.54 bits per heavy atom. The zero-order valence-corrected chi connectivity index (χ0v) is 16.7. The summed E-state index contributed by atoms with van der Waals surface area (Å²) in [6, 6.07) is 15.9. The molecule has 3 aromatic rings. The van der Waals surface area contributed by atoms with Crippen LogP contribution in [0.25, 0.3) is 10.8 Å². The molecule has 4 nitrogen and oxygen atoms in total. The van der Waals surface area contributed by atoms with Crippen LogP contribution in [0.2, 0.25) is 10.0 Å². The molecule has 0 fully saturated rings. The summed E-state index contributed by atoms with van der Waals surface area (Å²) in [5, 5.41) is 2.49. The van der Waals surface area contributed by atoms with E-state index in [1.807, 2.05) is 43.3 Å². The molecule has 0 spiro atoms. The molecule has 0 aliphatic heterocycles. The molecular formula is C19H18Cl2N2O2S. The number of fused-ring (bicyclic) bond motifs is 1. The van der Waals surface area contributed by atoms with E-state index >= 15 is 0 Å². The second-order valence-corrected chi connectivity index (χ2v) is 8.73. The maximum atomic E-state index is 12.9. The third kappa shape index (κ3) is 3.96. The molecule has 0 aliphatic rings. The third-order valence-electron chi connectivity index (χ3n) is 4.02. The molecule has 0 radical (unpaired) electrons. The molecular weight excluding hydrogens is 391 g/mol. The number of halogens is 2. The Balaban J connectivity index is 1.98. The van der Waals surface area contributed by atoms with Gasteiger partial charge in [-0.1, -0.05) is 47.5 Å². The molecule has 0 aromatic heterocycles. The van der Waals surface area contributed by atoms with Crippen LogP contribution in [0, 0.1) is 0 Å². The molecule has 0 atom stereocenters. The Hall–Kier alpha value is -1.79. The fourth-order valence-corrected chi connectivity index (χ4v) is 4.67. The van der Waals surface area contributed by atoms with Crippen molar-refractivity contribution in [2.75, 3.05) is 19.0 Å². The van der Waals surface area contributed by atoms with Crippen molar-refractivity contribution in [3.63, 3.8) is 0 Å². The van der Waals surface area contributed by atoms with Crippen molar-refractivity contribution in [1.82, 2.24) is 4.72 Å². The Morgan fingerprint density at radius 1 is 0.923 bits per heavy atom. The lowest BCUT2D eigenvalue weighted by Crippen LogP contribution is -2.23. The molecule has 0 aliphatic carbocycles. The lowest BCUT2D eigenvalue weighted by molar-refractivity contribution is 0.582. The van der Waals surface area contributed by atoms with Gasteiger partial charge in [0.1, 0.15) is 0 Å². The maximum absolute atomic E-state index is 12.9. The number of hydrogen-bond acceptors (Lipinski definition) is 3. The first-order chi connectivity index (χ1) is 12.3. The van der Waals surface area contributed by atoms with Gasteiger partial charge >= 0.3 is 0 Å². The molecule has 3 rings (SSSR count). The van der Waals surface area contributed by atoms with Crippen molar-refractivity contribution in [2.45, 2.75) is 11.4 Å². The Morgan fingerprint density at radius 3 is 2.19 bits per heavy atom. The van der Waals surface area contributed by atoms with Crippen molar-refractivity contribution >= 4 is 49.7 Å². The van der Waals surface area contributed by atoms with E-state index in [0.29, 0.717) is 21.0 Å². The molecule has 0 bridgehead atoms. The number of hydrogen-bond donors (Lipinski definition) is 1. The first-order valence-electron chi connectivity index (χ1n) is 7.91. The average Bonchev–Trinajstić information content (AvgIpc) is 2.58. The van der Waals surface area contributed by atoms with E-state index in [4.69, 9.17) is 23.2 Å². The number of rotatable bonds is 5. The van der Waals surface area contributed by atoms with Crippen LogP contribution in [-0.2, 0) is 16.6 Å². The molecule has 0 saturated carbocycles. The largest absolute Gasteiger partial charge is 0.377 e. The highest BCUT2D eigenvalue weighted by molar-refractivity contribution is 7.89. The summed E-state index contributed by atoms with van der Waals surface area (Å²) in [5.41, 5.74) is 1.65. The Kier molecular flexibility index (Phi) is 5.44. The smallest absolute Gasteiger partial charge is 0.241 e. The fourth-order valence-electron chi connectivity index (χ4n) is 2.86. The van der Waals surface area contributed by atoms with E-state index in [0.717, 1.165) is 11.1 Å². The molecule has 136 valence electrons. The summed E-state index contributed by atoms with van der Waals surface area (Å²) < 4.78 is 28.4. The van der Waals surface area contributed by atoms with Gasteiger partial charge in [0.2, 0.25) is 10.0 Å². The van der Waals surface area contributed by atoms with Crippen LogP contribution in [0.15, 0.2) is 59.5 Å². The number of nitrogens with zero attached hydrogens (tertiary/aromatic N) is 1. The third-order valence-corrected chi connectivity index (χ3v) is 5.91. The predicted octanol–water partition coefficient (Wildman–Crippen LogP) is 4.69. The van der Waals surface area contributed by atoms with Crippen molar-refractivity contribution < 1.29 is 8.42 Å². The van der Waals surface area contributed by atoms with Crippen LogP contribution in [0.4, 0.5) is 5.69 Å². The topological polar surface area (TPSA) is 49.4 Å². The van der Waals surface area contributed by atoms with E-state index in [-0.39, 0.29) is 11.4 Å². The molecule has 0 saturated heterocycles. The number of nitrogens with one attached hydrogen (secondary N) is 1. The molecule has 0 amide bonds.